The van der Waals surface area contributed by atoms with Crippen molar-refractivity contribution in [3.05, 3.63) is 59.2 Å². The predicted molar refractivity (Wildman–Crippen MR) is 106 cm³/mol. The predicted octanol–water partition coefficient (Wildman–Crippen LogP) is 2.81. The Morgan fingerprint density at radius 2 is 1.37 bits per heavy atom. The molecule has 4 N–H and O–H groups in total. The van der Waals surface area contributed by atoms with Crippen LogP contribution in [0.25, 0.3) is 0 Å². The molecule has 7 nitrogen and oxygen atoms in total. The van der Waals surface area contributed by atoms with Crippen molar-refractivity contribution in [1.29, 1.82) is 0 Å². The Hall–Kier alpha value is -3.35. The van der Waals surface area contributed by atoms with Crippen molar-refractivity contribution < 1.29 is 14.4 Å². The Morgan fingerprint density at radius 3 is 1.96 bits per heavy atom. The molecule has 0 atom stereocenters. The van der Waals surface area contributed by atoms with Crippen molar-refractivity contribution in [1.82, 2.24) is 10.6 Å². The highest BCUT2D eigenvalue weighted by molar-refractivity contribution is 5.95. The first-order valence-corrected chi connectivity index (χ1v) is 8.62. The summed E-state index contributed by atoms with van der Waals surface area (Å²) in [5.41, 5.74) is 3.98. The quantitative estimate of drug-likeness (QED) is 0.590. The number of rotatable bonds is 6. The molecule has 0 aromatic heterocycles. The number of benzene rings is 2. The van der Waals surface area contributed by atoms with Crippen molar-refractivity contribution in [3.63, 3.8) is 0 Å². The van der Waals surface area contributed by atoms with E-state index in [0.29, 0.717) is 24.3 Å². The van der Waals surface area contributed by atoms with Crippen molar-refractivity contribution in [2.45, 2.75) is 20.8 Å². The fourth-order valence-electron chi connectivity index (χ4n) is 2.58. The van der Waals surface area contributed by atoms with E-state index in [0.717, 1.165) is 16.8 Å². The second-order valence-electron chi connectivity index (χ2n) is 6.27. The summed E-state index contributed by atoms with van der Waals surface area (Å²) in [5, 5.41) is 10.8. The van der Waals surface area contributed by atoms with Crippen LogP contribution in [0.5, 0.6) is 0 Å². The van der Waals surface area contributed by atoms with Crippen LogP contribution < -0.4 is 21.3 Å². The summed E-state index contributed by atoms with van der Waals surface area (Å²) < 4.78 is 0. The summed E-state index contributed by atoms with van der Waals surface area (Å²) in [6.45, 7) is 5.95. The molecule has 2 aromatic carbocycles. The van der Waals surface area contributed by atoms with Crippen molar-refractivity contribution >= 4 is 29.2 Å². The topological polar surface area (TPSA) is 99.3 Å². The van der Waals surface area contributed by atoms with E-state index in [-0.39, 0.29) is 17.8 Å². The molecule has 0 saturated carbocycles. The maximum absolute atomic E-state index is 12.1. The molecule has 0 unspecified atom stereocenters. The zero-order chi connectivity index (χ0) is 19.8. The number of hydrogen-bond donors (Lipinski definition) is 4. The summed E-state index contributed by atoms with van der Waals surface area (Å²) in [6, 6.07) is 12.0. The molecule has 27 heavy (non-hydrogen) atoms. The summed E-state index contributed by atoms with van der Waals surface area (Å²) in [7, 11) is 0. The van der Waals surface area contributed by atoms with Crippen LogP contribution in [0.3, 0.4) is 0 Å². The average Bonchev–Trinajstić information content (AvgIpc) is 2.57. The molecule has 0 aliphatic rings. The van der Waals surface area contributed by atoms with Crippen LogP contribution in [0.2, 0.25) is 0 Å². The maximum Gasteiger partial charge on any atom is 0.319 e. The number of nitrogens with one attached hydrogen (secondary N) is 4. The van der Waals surface area contributed by atoms with Gasteiger partial charge < -0.3 is 21.3 Å². The van der Waals surface area contributed by atoms with Crippen LogP contribution in [0.1, 0.15) is 28.4 Å². The Morgan fingerprint density at radius 1 is 0.778 bits per heavy atom. The summed E-state index contributed by atoms with van der Waals surface area (Å²) in [5.74, 6) is -0.418. The van der Waals surface area contributed by atoms with Gasteiger partial charge in [-0.2, -0.15) is 0 Å². The van der Waals surface area contributed by atoms with E-state index in [1.165, 1.54) is 6.92 Å². The molecular weight excluding hydrogens is 344 g/mol. The normalized spacial score (nSPS) is 10.0. The van der Waals surface area contributed by atoms with E-state index in [4.69, 9.17) is 0 Å². The molecule has 2 aromatic rings. The van der Waals surface area contributed by atoms with Gasteiger partial charge in [-0.25, -0.2) is 4.79 Å². The van der Waals surface area contributed by atoms with E-state index in [2.05, 4.69) is 21.3 Å². The van der Waals surface area contributed by atoms with Crippen molar-refractivity contribution in [3.8, 4) is 0 Å². The molecule has 0 saturated heterocycles. The Kier molecular flexibility index (Phi) is 6.93. The molecule has 0 aliphatic carbocycles. The molecule has 0 aliphatic heterocycles. The van der Waals surface area contributed by atoms with Gasteiger partial charge in [0.05, 0.1) is 0 Å². The fourth-order valence-corrected chi connectivity index (χ4v) is 2.58. The van der Waals surface area contributed by atoms with Crippen LogP contribution >= 0.6 is 0 Å². The molecule has 2 rings (SSSR count). The molecule has 142 valence electrons. The van der Waals surface area contributed by atoms with E-state index < -0.39 is 0 Å². The van der Waals surface area contributed by atoms with Crippen LogP contribution in [0.15, 0.2) is 42.5 Å². The third kappa shape index (κ3) is 6.81. The second kappa shape index (κ2) is 9.38. The average molecular weight is 368 g/mol. The van der Waals surface area contributed by atoms with Crippen LogP contribution in [-0.4, -0.2) is 30.9 Å². The number of urea groups is 1. The van der Waals surface area contributed by atoms with Crippen LogP contribution in [-0.2, 0) is 4.79 Å². The number of hydrogen-bond acceptors (Lipinski definition) is 3. The minimum atomic E-state index is -0.325. The lowest BCUT2D eigenvalue weighted by molar-refractivity contribution is -0.114. The SMILES string of the molecule is CC(=O)Nc1ccc(C(=O)NCCNC(=O)Nc2cc(C)cc(C)c2)cc1. The second-order valence-corrected chi connectivity index (χ2v) is 6.27. The molecule has 4 amide bonds. The third-order valence-corrected chi connectivity index (χ3v) is 3.64. The van der Waals surface area contributed by atoms with E-state index in [9.17, 15) is 14.4 Å². The van der Waals surface area contributed by atoms with Crippen LogP contribution in [0.4, 0.5) is 16.2 Å². The first-order valence-electron chi connectivity index (χ1n) is 8.62. The summed E-state index contributed by atoms with van der Waals surface area (Å²) in [4.78, 5) is 34.9. The van der Waals surface area contributed by atoms with Gasteiger partial charge in [0.2, 0.25) is 5.91 Å². The van der Waals surface area contributed by atoms with E-state index in [1.54, 1.807) is 24.3 Å². The number of carbonyl (C=O) groups is 3. The molecule has 7 heteroatoms. The lowest BCUT2D eigenvalue weighted by Crippen LogP contribution is -2.36. The Labute approximate surface area is 158 Å². The summed E-state index contributed by atoms with van der Waals surface area (Å²) in [6.07, 6.45) is 0. The summed E-state index contributed by atoms with van der Waals surface area (Å²) >= 11 is 0. The van der Waals surface area contributed by atoms with Gasteiger partial charge in [-0.15, -0.1) is 0 Å². The highest BCUT2D eigenvalue weighted by Gasteiger charge is 2.06. The molecule has 0 spiro atoms. The highest BCUT2D eigenvalue weighted by Crippen LogP contribution is 2.13. The smallest absolute Gasteiger partial charge is 0.319 e. The first kappa shape index (κ1) is 20.0. The monoisotopic (exact) mass is 368 g/mol. The minimum Gasteiger partial charge on any atom is -0.350 e. The minimum absolute atomic E-state index is 0.169. The highest BCUT2D eigenvalue weighted by atomic mass is 16.2. The Balaban J connectivity index is 1.73. The molecule has 0 fully saturated rings. The Bertz CT molecular complexity index is 811. The zero-order valence-electron chi connectivity index (χ0n) is 15.7. The van der Waals surface area contributed by atoms with Gasteiger partial charge in [0.1, 0.15) is 0 Å². The third-order valence-electron chi connectivity index (χ3n) is 3.64. The number of amides is 4. The lowest BCUT2D eigenvalue weighted by Gasteiger charge is -2.10. The van der Waals surface area contributed by atoms with Gasteiger partial charge in [0.25, 0.3) is 5.91 Å². The standard InChI is InChI=1S/C20H24N4O3/c1-13-10-14(2)12-18(11-13)24-20(27)22-9-8-21-19(26)16-4-6-17(7-5-16)23-15(3)25/h4-7,10-12H,8-9H2,1-3H3,(H,21,26)(H,23,25)(H2,22,24,27). The van der Waals surface area contributed by atoms with Gasteiger partial charge in [-0.3, -0.25) is 9.59 Å². The molecule has 0 radical (unpaired) electrons. The van der Waals surface area contributed by atoms with Gasteiger partial charge in [0, 0.05) is 37.0 Å². The number of carbonyl (C=O) groups excluding carboxylic acids is 3. The number of aryl methyl sites for hydroxylation is 2. The first-order chi connectivity index (χ1) is 12.8. The lowest BCUT2D eigenvalue weighted by atomic mass is 10.1. The number of anilines is 2. The van der Waals surface area contributed by atoms with Crippen molar-refractivity contribution in [2.75, 3.05) is 23.7 Å². The molecule has 0 heterocycles. The maximum atomic E-state index is 12.1. The van der Waals surface area contributed by atoms with Crippen LogP contribution in [0, 0.1) is 13.8 Å². The zero-order valence-corrected chi connectivity index (χ0v) is 15.7. The van der Waals surface area contributed by atoms with Crippen molar-refractivity contribution in [2.24, 2.45) is 0 Å². The van der Waals surface area contributed by atoms with Gasteiger partial charge >= 0.3 is 6.03 Å². The van der Waals surface area contributed by atoms with Gasteiger partial charge in [0.15, 0.2) is 0 Å². The van der Waals surface area contributed by atoms with E-state index >= 15 is 0 Å². The van der Waals surface area contributed by atoms with Gasteiger partial charge in [-0.1, -0.05) is 6.07 Å². The van der Waals surface area contributed by atoms with E-state index in [1.807, 2.05) is 32.0 Å². The molecule has 0 bridgehead atoms. The fraction of sp³-hybridized carbons (Fsp3) is 0.250. The largest absolute Gasteiger partial charge is 0.350 e. The molecular formula is C20H24N4O3. The van der Waals surface area contributed by atoms with Gasteiger partial charge in [-0.05, 0) is 61.4 Å².